The van der Waals surface area contributed by atoms with Crippen LogP contribution >= 0.6 is 0 Å². The number of hydrogen-bond donors (Lipinski definition) is 0. The molecule has 0 saturated carbocycles. The van der Waals surface area contributed by atoms with Crippen LogP contribution in [0.5, 0.6) is 0 Å². The molecule has 23 heavy (non-hydrogen) atoms. The molecule has 3 aromatic rings. The molecule has 0 fully saturated rings. The summed E-state index contributed by atoms with van der Waals surface area (Å²) in [4.78, 5) is 0. The maximum Gasteiger partial charge on any atom is 0.136 e. The molecule has 0 N–H and O–H groups in total. The summed E-state index contributed by atoms with van der Waals surface area (Å²) in [7, 11) is -1.71. The van der Waals surface area contributed by atoms with Gasteiger partial charge < -0.3 is 0 Å². The molecule has 0 radical (unpaired) electrons. The van der Waals surface area contributed by atoms with Crippen LogP contribution in [0.15, 0.2) is 78.9 Å². The van der Waals surface area contributed by atoms with Crippen LogP contribution in [-0.4, -0.2) is 8.80 Å². The summed E-state index contributed by atoms with van der Waals surface area (Å²) in [5, 5.41) is 3.80. The highest BCUT2D eigenvalue weighted by Gasteiger charge is 2.23. The summed E-state index contributed by atoms with van der Waals surface area (Å²) < 4.78 is 0. The van der Waals surface area contributed by atoms with Crippen molar-refractivity contribution < 1.29 is 0 Å². The van der Waals surface area contributed by atoms with Gasteiger partial charge in [-0.2, -0.15) is 0 Å². The first-order valence-corrected chi connectivity index (χ1v) is 9.24. The van der Waals surface area contributed by atoms with E-state index in [1.807, 2.05) is 30.3 Å². The molecule has 0 spiro atoms. The summed E-state index contributed by atoms with van der Waals surface area (Å²) in [6.45, 7) is 0. The predicted molar refractivity (Wildman–Crippen MR) is 101 cm³/mol. The summed E-state index contributed by atoms with van der Waals surface area (Å²) in [6.07, 6.45) is 11.5. The molecule has 3 aromatic carbocycles. The van der Waals surface area contributed by atoms with E-state index in [0.717, 1.165) is 16.3 Å². The lowest BCUT2D eigenvalue weighted by Gasteiger charge is -2.20. The van der Waals surface area contributed by atoms with Gasteiger partial charge in [0.25, 0.3) is 0 Å². The van der Waals surface area contributed by atoms with Crippen molar-refractivity contribution in [3.63, 3.8) is 0 Å². The topological polar surface area (TPSA) is 0 Å². The molecule has 108 valence electrons. The highest BCUT2D eigenvalue weighted by molar-refractivity contribution is 6.96. The Morgan fingerprint density at radius 3 is 1.39 bits per heavy atom. The van der Waals surface area contributed by atoms with E-state index in [1.54, 1.807) is 0 Å². The van der Waals surface area contributed by atoms with Gasteiger partial charge in [0.1, 0.15) is 8.80 Å². The maximum absolute atomic E-state index is 5.77. The van der Waals surface area contributed by atoms with E-state index in [1.165, 1.54) is 10.4 Å². The highest BCUT2D eigenvalue weighted by atomic mass is 28.3. The summed E-state index contributed by atoms with van der Waals surface area (Å²) >= 11 is 0. The fourth-order valence-corrected chi connectivity index (χ4v) is 6.19. The van der Waals surface area contributed by atoms with Gasteiger partial charge in [0.15, 0.2) is 0 Å². The maximum atomic E-state index is 5.77. The highest BCUT2D eigenvalue weighted by Crippen LogP contribution is 2.05. The van der Waals surface area contributed by atoms with Gasteiger partial charge in [-0.1, -0.05) is 88.9 Å². The Bertz CT molecular complexity index is 809. The third-order valence-electron chi connectivity index (χ3n) is 3.97. The van der Waals surface area contributed by atoms with Crippen LogP contribution < -0.4 is 15.6 Å². The number of rotatable bonds is 3. The van der Waals surface area contributed by atoms with Crippen LogP contribution in [0.3, 0.4) is 0 Å². The molecule has 0 aliphatic heterocycles. The van der Waals surface area contributed by atoms with Crippen molar-refractivity contribution in [3.8, 4) is 24.7 Å². The molecule has 0 aromatic heterocycles. The standard InChI is InChI=1S/C22H16Si/c1-3-18-12-11-13-19(4-2)22(18)23(20-14-7-5-8-15-20)21-16-9-6-10-17-21/h1-2,5-17,23H. The van der Waals surface area contributed by atoms with Gasteiger partial charge in [-0.05, 0) is 17.3 Å². The lowest BCUT2D eigenvalue weighted by atomic mass is 10.1. The van der Waals surface area contributed by atoms with Gasteiger partial charge in [-0.15, -0.1) is 12.8 Å². The average molecular weight is 308 g/mol. The normalized spacial score (nSPS) is 10.0. The molecule has 0 amide bonds. The molecule has 1 heteroatoms. The molecule has 0 aliphatic rings. The zero-order valence-electron chi connectivity index (χ0n) is 12.7. The Hall–Kier alpha value is -3.00. The molecule has 0 aliphatic carbocycles. The second kappa shape index (κ2) is 6.84. The molecule has 0 saturated heterocycles. The summed E-state index contributed by atoms with van der Waals surface area (Å²) in [5.41, 5.74) is 1.81. The van der Waals surface area contributed by atoms with Crippen molar-refractivity contribution in [1.82, 2.24) is 0 Å². The van der Waals surface area contributed by atoms with Gasteiger partial charge in [-0.25, -0.2) is 0 Å². The van der Waals surface area contributed by atoms with E-state index in [4.69, 9.17) is 12.8 Å². The first kappa shape index (κ1) is 14.9. The second-order valence-corrected chi connectivity index (χ2v) is 8.09. The Morgan fingerprint density at radius 2 is 1.00 bits per heavy atom. The SMILES string of the molecule is C#Cc1cccc(C#C)c1[SiH](c1ccccc1)c1ccccc1. The van der Waals surface area contributed by atoms with Crippen molar-refractivity contribution in [1.29, 1.82) is 0 Å². The van der Waals surface area contributed by atoms with Crippen molar-refractivity contribution >= 4 is 24.4 Å². The number of terminal acetylenes is 2. The zero-order chi connectivity index (χ0) is 16.1. The molecule has 0 bridgehead atoms. The summed E-state index contributed by atoms with van der Waals surface area (Å²) in [5.74, 6) is 5.66. The Balaban J connectivity index is 2.31. The van der Waals surface area contributed by atoms with Crippen LogP contribution in [0.1, 0.15) is 11.1 Å². The molecule has 0 unspecified atom stereocenters. The monoisotopic (exact) mass is 308 g/mol. The van der Waals surface area contributed by atoms with Crippen molar-refractivity contribution in [2.75, 3.05) is 0 Å². The molecule has 0 nitrogen and oxygen atoms in total. The fourth-order valence-electron chi connectivity index (χ4n) is 2.94. The van der Waals surface area contributed by atoms with E-state index >= 15 is 0 Å². The van der Waals surface area contributed by atoms with E-state index in [9.17, 15) is 0 Å². The first-order valence-electron chi connectivity index (χ1n) is 7.51. The average Bonchev–Trinajstić information content (AvgIpc) is 2.64. The van der Waals surface area contributed by atoms with Crippen LogP contribution in [0.4, 0.5) is 0 Å². The van der Waals surface area contributed by atoms with Crippen LogP contribution in [0.2, 0.25) is 0 Å². The minimum Gasteiger partial charge on any atom is -0.115 e. The van der Waals surface area contributed by atoms with Crippen LogP contribution in [-0.2, 0) is 0 Å². The van der Waals surface area contributed by atoms with E-state index in [0.29, 0.717) is 0 Å². The molecule has 3 rings (SSSR count). The third-order valence-corrected chi connectivity index (χ3v) is 7.27. The van der Waals surface area contributed by atoms with Gasteiger partial charge >= 0.3 is 0 Å². The van der Waals surface area contributed by atoms with E-state index < -0.39 is 8.80 Å². The lowest BCUT2D eigenvalue weighted by molar-refractivity contribution is 1.64. The van der Waals surface area contributed by atoms with Crippen molar-refractivity contribution in [2.24, 2.45) is 0 Å². The Kier molecular flexibility index (Phi) is 4.43. The smallest absolute Gasteiger partial charge is 0.115 e. The van der Waals surface area contributed by atoms with Gasteiger partial charge in [0.2, 0.25) is 0 Å². The number of benzene rings is 3. The Labute approximate surface area is 139 Å². The van der Waals surface area contributed by atoms with E-state index in [2.05, 4.69) is 60.4 Å². The van der Waals surface area contributed by atoms with E-state index in [-0.39, 0.29) is 0 Å². The number of hydrogen-bond acceptors (Lipinski definition) is 0. The first-order chi connectivity index (χ1) is 11.3. The van der Waals surface area contributed by atoms with Crippen molar-refractivity contribution in [3.05, 3.63) is 90.0 Å². The lowest BCUT2D eigenvalue weighted by Crippen LogP contribution is -2.54. The molecule has 0 heterocycles. The minimum absolute atomic E-state index is 0.907. The third kappa shape index (κ3) is 2.97. The largest absolute Gasteiger partial charge is 0.136 e. The Morgan fingerprint density at radius 1 is 0.565 bits per heavy atom. The van der Waals surface area contributed by atoms with Gasteiger partial charge in [0.05, 0.1) is 0 Å². The molecular formula is C22H16Si. The predicted octanol–water partition coefficient (Wildman–Crippen LogP) is 1.90. The van der Waals surface area contributed by atoms with Gasteiger partial charge in [-0.3, -0.25) is 0 Å². The minimum atomic E-state index is -1.71. The van der Waals surface area contributed by atoms with Crippen LogP contribution in [0.25, 0.3) is 0 Å². The van der Waals surface area contributed by atoms with Gasteiger partial charge in [0, 0.05) is 11.1 Å². The fraction of sp³-hybridized carbons (Fsp3) is 0. The quantitative estimate of drug-likeness (QED) is 0.394. The van der Waals surface area contributed by atoms with Crippen molar-refractivity contribution in [2.45, 2.75) is 0 Å². The molecular weight excluding hydrogens is 292 g/mol. The molecule has 0 atom stereocenters. The second-order valence-electron chi connectivity index (χ2n) is 5.31. The summed E-state index contributed by atoms with van der Waals surface area (Å²) in [6, 6.07) is 27.0. The zero-order valence-corrected chi connectivity index (χ0v) is 13.9. The van der Waals surface area contributed by atoms with Crippen LogP contribution in [0, 0.1) is 24.7 Å².